The van der Waals surface area contributed by atoms with E-state index in [1.807, 2.05) is 24.3 Å². The summed E-state index contributed by atoms with van der Waals surface area (Å²) in [7, 11) is 1.74. The highest BCUT2D eigenvalue weighted by Gasteiger charge is 2.14. The third kappa shape index (κ3) is 3.40. The number of carbonyl (C=O) groups is 2. The van der Waals surface area contributed by atoms with E-state index in [1.54, 1.807) is 34.9 Å². The van der Waals surface area contributed by atoms with Gasteiger partial charge in [0.05, 0.1) is 6.54 Å². The molecule has 7 nitrogen and oxygen atoms in total. The molecule has 3 aromatic rings. The van der Waals surface area contributed by atoms with Crippen LogP contribution in [0.1, 0.15) is 33.3 Å². The normalized spacial score (nSPS) is 10.6. The van der Waals surface area contributed by atoms with Gasteiger partial charge in [-0.2, -0.15) is 5.10 Å². The number of Topliss-reactive ketones (excluding diaryl/α,β-unsaturated/α-hetero) is 1. The number of amides is 1. The van der Waals surface area contributed by atoms with Crippen molar-refractivity contribution in [2.75, 3.05) is 5.32 Å². The first-order chi connectivity index (χ1) is 11.5. The van der Waals surface area contributed by atoms with Crippen molar-refractivity contribution >= 4 is 17.4 Å². The molecule has 1 amide bonds. The fourth-order valence-corrected chi connectivity index (χ4v) is 2.37. The van der Waals surface area contributed by atoms with Gasteiger partial charge in [-0.25, -0.2) is 9.67 Å². The van der Waals surface area contributed by atoms with Crippen LogP contribution in [-0.4, -0.2) is 31.0 Å². The van der Waals surface area contributed by atoms with E-state index in [-0.39, 0.29) is 11.7 Å². The molecule has 0 aliphatic heterocycles. The van der Waals surface area contributed by atoms with Crippen molar-refractivity contribution in [3.05, 3.63) is 66.0 Å². The van der Waals surface area contributed by atoms with Gasteiger partial charge in [-0.15, -0.1) is 0 Å². The number of aromatic nitrogens is 4. The van der Waals surface area contributed by atoms with E-state index in [4.69, 9.17) is 0 Å². The Morgan fingerprint density at radius 2 is 1.96 bits per heavy atom. The lowest BCUT2D eigenvalue weighted by Gasteiger charge is -2.07. The van der Waals surface area contributed by atoms with E-state index < -0.39 is 0 Å². The van der Waals surface area contributed by atoms with E-state index in [0.717, 1.165) is 5.56 Å². The Balaban J connectivity index is 1.69. The van der Waals surface area contributed by atoms with Gasteiger partial charge < -0.3 is 9.88 Å². The Morgan fingerprint density at radius 1 is 1.21 bits per heavy atom. The highest BCUT2D eigenvalue weighted by Crippen LogP contribution is 2.14. The van der Waals surface area contributed by atoms with Crippen LogP contribution in [0.25, 0.3) is 0 Å². The number of carbonyl (C=O) groups excluding carboxylic acids is 2. The molecule has 3 rings (SSSR count). The average molecular weight is 323 g/mol. The summed E-state index contributed by atoms with van der Waals surface area (Å²) in [5.74, 6) is -0.323. The second kappa shape index (κ2) is 6.49. The van der Waals surface area contributed by atoms with Gasteiger partial charge in [-0.05, 0) is 30.7 Å². The minimum absolute atomic E-state index is 0.0675. The molecule has 0 saturated carbocycles. The topological polar surface area (TPSA) is 81.8 Å². The van der Waals surface area contributed by atoms with Gasteiger partial charge in [0.1, 0.15) is 18.3 Å². The molecule has 0 saturated heterocycles. The van der Waals surface area contributed by atoms with Gasteiger partial charge in [-0.1, -0.05) is 12.1 Å². The summed E-state index contributed by atoms with van der Waals surface area (Å²) in [6.07, 6.45) is 4.79. The summed E-state index contributed by atoms with van der Waals surface area (Å²) in [4.78, 5) is 27.6. The highest BCUT2D eigenvalue weighted by atomic mass is 16.2. The predicted molar refractivity (Wildman–Crippen MR) is 88.9 cm³/mol. The van der Waals surface area contributed by atoms with Crippen molar-refractivity contribution in [1.82, 2.24) is 19.3 Å². The third-order valence-corrected chi connectivity index (χ3v) is 3.67. The molecule has 0 radical (unpaired) electrons. The number of rotatable bonds is 5. The lowest BCUT2D eigenvalue weighted by atomic mass is 10.2. The van der Waals surface area contributed by atoms with Crippen LogP contribution in [0.2, 0.25) is 0 Å². The fraction of sp³-hybridized carbons (Fsp3) is 0.176. The van der Waals surface area contributed by atoms with E-state index >= 15 is 0 Å². The smallest absolute Gasteiger partial charge is 0.272 e. The van der Waals surface area contributed by atoms with Crippen molar-refractivity contribution in [2.24, 2.45) is 7.05 Å². The molecular formula is C17H17N5O2. The van der Waals surface area contributed by atoms with Crippen LogP contribution in [0.3, 0.4) is 0 Å². The summed E-state index contributed by atoms with van der Waals surface area (Å²) in [5, 5.41) is 6.89. The second-order valence-corrected chi connectivity index (χ2v) is 5.53. The molecule has 2 aromatic heterocycles. The maximum atomic E-state index is 12.3. The largest absolute Gasteiger partial charge is 0.346 e. The monoisotopic (exact) mass is 323 g/mol. The molecule has 24 heavy (non-hydrogen) atoms. The van der Waals surface area contributed by atoms with Gasteiger partial charge in [0.15, 0.2) is 5.78 Å². The van der Waals surface area contributed by atoms with Crippen LogP contribution in [0.15, 0.2) is 49.2 Å². The summed E-state index contributed by atoms with van der Waals surface area (Å²) >= 11 is 0. The zero-order valence-corrected chi connectivity index (χ0v) is 13.4. The molecule has 0 spiro atoms. The Kier molecular flexibility index (Phi) is 4.24. The molecule has 0 fully saturated rings. The zero-order valence-electron chi connectivity index (χ0n) is 13.4. The Morgan fingerprint density at radius 3 is 2.54 bits per heavy atom. The number of nitrogens with one attached hydrogen (secondary N) is 1. The highest BCUT2D eigenvalue weighted by molar-refractivity contribution is 6.05. The first kappa shape index (κ1) is 15.7. The Labute approximate surface area is 138 Å². The second-order valence-electron chi connectivity index (χ2n) is 5.53. The van der Waals surface area contributed by atoms with Crippen molar-refractivity contribution in [1.29, 1.82) is 0 Å². The average Bonchev–Trinajstić information content (AvgIpc) is 3.18. The standard InChI is InChI=1S/C17H17N5O2/c1-12(23)14-7-16(21(2)9-14)17(24)20-15-5-3-13(4-6-15)8-22-11-18-10-19-22/h3-7,9-11H,8H2,1-2H3,(H,20,24). The lowest BCUT2D eigenvalue weighted by molar-refractivity contribution is 0.101. The van der Waals surface area contributed by atoms with Crippen LogP contribution >= 0.6 is 0 Å². The molecule has 1 aromatic carbocycles. The summed E-state index contributed by atoms with van der Waals surface area (Å²) in [5.41, 5.74) is 2.70. The van der Waals surface area contributed by atoms with Gasteiger partial charge in [0, 0.05) is 24.5 Å². The van der Waals surface area contributed by atoms with Crippen LogP contribution in [0.4, 0.5) is 5.69 Å². The molecule has 0 bridgehead atoms. The molecule has 0 atom stereocenters. The molecule has 2 heterocycles. The van der Waals surface area contributed by atoms with Gasteiger partial charge >= 0.3 is 0 Å². The van der Waals surface area contributed by atoms with Gasteiger partial charge in [0.25, 0.3) is 5.91 Å². The van der Waals surface area contributed by atoms with Crippen LogP contribution < -0.4 is 5.32 Å². The molecule has 0 aliphatic rings. The van der Waals surface area contributed by atoms with E-state index in [0.29, 0.717) is 23.5 Å². The molecule has 122 valence electrons. The number of aryl methyl sites for hydroxylation is 1. The van der Waals surface area contributed by atoms with Crippen molar-refractivity contribution < 1.29 is 9.59 Å². The number of ketones is 1. The number of benzene rings is 1. The van der Waals surface area contributed by atoms with Crippen molar-refractivity contribution in [3.8, 4) is 0 Å². The third-order valence-electron chi connectivity index (χ3n) is 3.67. The maximum Gasteiger partial charge on any atom is 0.272 e. The van der Waals surface area contributed by atoms with Crippen molar-refractivity contribution in [2.45, 2.75) is 13.5 Å². The first-order valence-electron chi connectivity index (χ1n) is 7.43. The number of hydrogen-bond donors (Lipinski definition) is 1. The number of hydrogen-bond acceptors (Lipinski definition) is 4. The number of anilines is 1. The van der Waals surface area contributed by atoms with E-state index in [1.165, 1.54) is 13.3 Å². The first-order valence-corrected chi connectivity index (χ1v) is 7.43. The fourth-order valence-electron chi connectivity index (χ4n) is 2.37. The van der Waals surface area contributed by atoms with Crippen LogP contribution in [0.5, 0.6) is 0 Å². The summed E-state index contributed by atoms with van der Waals surface area (Å²) in [6.45, 7) is 2.10. The van der Waals surface area contributed by atoms with E-state index in [9.17, 15) is 9.59 Å². The Hall–Kier alpha value is -3.22. The Bertz CT molecular complexity index is 863. The van der Waals surface area contributed by atoms with Crippen LogP contribution in [0, 0.1) is 0 Å². The maximum absolute atomic E-state index is 12.3. The summed E-state index contributed by atoms with van der Waals surface area (Å²) in [6, 6.07) is 9.10. The number of nitrogens with zero attached hydrogens (tertiary/aromatic N) is 4. The minimum atomic E-state index is -0.256. The minimum Gasteiger partial charge on any atom is -0.346 e. The molecular weight excluding hydrogens is 306 g/mol. The molecule has 0 unspecified atom stereocenters. The predicted octanol–water partition coefficient (Wildman–Crippen LogP) is 2.12. The quantitative estimate of drug-likeness (QED) is 0.729. The van der Waals surface area contributed by atoms with Crippen LogP contribution in [-0.2, 0) is 13.6 Å². The summed E-state index contributed by atoms with van der Waals surface area (Å²) < 4.78 is 3.37. The van der Waals surface area contributed by atoms with Crippen molar-refractivity contribution in [3.63, 3.8) is 0 Å². The molecule has 7 heteroatoms. The van der Waals surface area contributed by atoms with Gasteiger partial charge in [0.2, 0.25) is 0 Å². The molecule has 1 N–H and O–H groups in total. The van der Waals surface area contributed by atoms with E-state index in [2.05, 4.69) is 15.4 Å². The molecule has 0 aliphatic carbocycles. The SMILES string of the molecule is CC(=O)c1cc(C(=O)Nc2ccc(Cn3cncn3)cc2)n(C)c1. The lowest BCUT2D eigenvalue weighted by Crippen LogP contribution is -2.15. The zero-order chi connectivity index (χ0) is 17.1. The van der Waals surface area contributed by atoms with Gasteiger partial charge in [-0.3, -0.25) is 9.59 Å².